The Labute approximate surface area is 152 Å². The van der Waals surface area contributed by atoms with Crippen molar-refractivity contribution in [2.75, 3.05) is 25.8 Å². The third-order valence-electron chi connectivity index (χ3n) is 3.87. The second-order valence-corrected chi connectivity index (χ2v) is 6.25. The van der Waals surface area contributed by atoms with E-state index in [9.17, 15) is 4.79 Å². The number of rotatable bonds is 7. The Balaban J connectivity index is 2.07. The number of ether oxygens (including phenoxy) is 2. The van der Waals surface area contributed by atoms with E-state index in [1.54, 1.807) is 32.4 Å². The van der Waals surface area contributed by atoms with E-state index in [2.05, 4.69) is 15.3 Å². The van der Waals surface area contributed by atoms with Gasteiger partial charge < -0.3 is 14.8 Å². The summed E-state index contributed by atoms with van der Waals surface area (Å²) in [4.78, 5) is 21.2. The molecule has 6 nitrogen and oxygen atoms in total. The highest BCUT2D eigenvalue weighted by Crippen LogP contribution is 2.29. The van der Waals surface area contributed by atoms with Gasteiger partial charge in [-0.25, -0.2) is 9.97 Å². The smallest absolute Gasteiger partial charge is 0.224 e. The molecule has 1 heterocycles. The van der Waals surface area contributed by atoms with Crippen LogP contribution in [-0.2, 0) is 11.2 Å². The van der Waals surface area contributed by atoms with Gasteiger partial charge in [0.2, 0.25) is 5.91 Å². The lowest BCUT2D eigenvalue weighted by atomic mass is 10.1. The second-order valence-electron chi connectivity index (χ2n) is 5.47. The summed E-state index contributed by atoms with van der Waals surface area (Å²) >= 11 is 1.51. The van der Waals surface area contributed by atoms with E-state index in [4.69, 9.17) is 9.47 Å². The molecular formula is C18H23N3O3S. The van der Waals surface area contributed by atoms with Gasteiger partial charge in [0.25, 0.3) is 0 Å². The maximum Gasteiger partial charge on any atom is 0.224 e. The molecule has 2 rings (SSSR count). The van der Waals surface area contributed by atoms with Crippen molar-refractivity contribution >= 4 is 23.4 Å². The summed E-state index contributed by atoms with van der Waals surface area (Å²) in [5.41, 5.74) is 3.45. The van der Waals surface area contributed by atoms with Crippen LogP contribution in [0.3, 0.4) is 0 Å². The molecule has 1 aromatic carbocycles. The number of methoxy groups -OCH3 is 2. The maximum absolute atomic E-state index is 12.3. The third-order valence-corrected chi connectivity index (χ3v) is 4.41. The fourth-order valence-electron chi connectivity index (χ4n) is 2.52. The standard InChI is InChI=1S/C18H23N3O3S/c1-11-14(12(2)20-18(19-11)25-5)7-9-17(22)21-15-10-13(23-3)6-8-16(15)24-4/h6,8,10H,7,9H2,1-5H3,(H,21,22). The summed E-state index contributed by atoms with van der Waals surface area (Å²) < 4.78 is 10.5. The summed E-state index contributed by atoms with van der Waals surface area (Å²) in [6.07, 6.45) is 2.87. The van der Waals surface area contributed by atoms with Gasteiger partial charge in [-0.2, -0.15) is 0 Å². The summed E-state index contributed by atoms with van der Waals surface area (Å²) in [5, 5.41) is 3.63. The largest absolute Gasteiger partial charge is 0.497 e. The highest BCUT2D eigenvalue weighted by Gasteiger charge is 2.13. The Morgan fingerprint density at radius 1 is 1.16 bits per heavy atom. The number of anilines is 1. The molecule has 1 aromatic heterocycles. The molecule has 0 saturated heterocycles. The Hall–Kier alpha value is -2.28. The lowest BCUT2D eigenvalue weighted by Gasteiger charge is -2.13. The molecule has 7 heteroatoms. The zero-order valence-electron chi connectivity index (χ0n) is 15.2. The van der Waals surface area contributed by atoms with Crippen molar-refractivity contribution in [3.8, 4) is 11.5 Å². The van der Waals surface area contributed by atoms with E-state index in [1.165, 1.54) is 11.8 Å². The quantitative estimate of drug-likeness (QED) is 0.602. The Kier molecular flexibility index (Phi) is 6.64. The zero-order valence-corrected chi connectivity index (χ0v) is 16.0. The molecule has 25 heavy (non-hydrogen) atoms. The molecule has 0 unspecified atom stereocenters. The first-order chi connectivity index (χ1) is 12.0. The lowest BCUT2D eigenvalue weighted by Crippen LogP contribution is -2.14. The van der Waals surface area contributed by atoms with Gasteiger partial charge >= 0.3 is 0 Å². The highest BCUT2D eigenvalue weighted by atomic mass is 32.2. The number of hydrogen-bond acceptors (Lipinski definition) is 6. The Morgan fingerprint density at radius 3 is 2.40 bits per heavy atom. The molecule has 0 bridgehead atoms. The van der Waals surface area contributed by atoms with Gasteiger partial charge in [-0.1, -0.05) is 11.8 Å². The van der Waals surface area contributed by atoms with Gasteiger partial charge in [-0.15, -0.1) is 0 Å². The Bertz CT molecular complexity index is 742. The van der Waals surface area contributed by atoms with Crippen LogP contribution in [0.4, 0.5) is 5.69 Å². The van der Waals surface area contributed by atoms with Gasteiger partial charge in [-0.3, -0.25) is 4.79 Å². The van der Waals surface area contributed by atoms with Crippen LogP contribution in [0.15, 0.2) is 23.4 Å². The first-order valence-corrected chi connectivity index (χ1v) is 9.11. The van der Waals surface area contributed by atoms with Crippen LogP contribution in [0.25, 0.3) is 0 Å². The average Bonchev–Trinajstić information content (AvgIpc) is 2.60. The first kappa shape index (κ1) is 19.1. The number of nitrogens with zero attached hydrogens (tertiary/aromatic N) is 2. The number of amides is 1. The number of carbonyl (C=O) groups excluding carboxylic acids is 1. The minimum Gasteiger partial charge on any atom is -0.497 e. The summed E-state index contributed by atoms with van der Waals surface area (Å²) in [5.74, 6) is 1.15. The van der Waals surface area contributed by atoms with E-state index in [0.717, 1.165) is 22.1 Å². The van der Waals surface area contributed by atoms with Crippen LogP contribution < -0.4 is 14.8 Å². The van der Waals surface area contributed by atoms with Crippen molar-refractivity contribution < 1.29 is 14.3 Å². The van der Waals surface area contributed by atoms with Crippen LogP contribution in [0, 0.1) is 13.8 Å². The SMILES string of the molecule is COc1ccc(OC)c(NC(=O)CCc2c(C)nc(SC)nc2C)c1. The maximum atomic E-state index is 12.3. The number of hydrogen-bond donors (Lipinski definition) is 1. The molecule has 0 aliphatic carbocycles. The van der Waals surface area contributed by atoms with Crippen LogP contribution >= 0.6 is 11.8 Å². The van der Waals surface area contributed by atoms with Gasteiger partial charge in [0, 0.05) is 23.9 Å². The van der Waals surface area contributed by atoms with Gasteiger partial charge in [0.15, 0.2) is 5.16 Å². The molecule has 2 aromatic rings. The minimum absolute atomic E-state index is 0.0979. The fourth-order valence-corrected chi connectivity index (χ4v) is 2.98. The molecule has 1 N–H and O–H groups in total. The molecule has 0 spiro atoms. The predicted molar refractivity (Wildman–Crippen MR) is 99.8 cm³/mol. The van der Waals surface area contributed by atoms with Crippen LogP contribution in [0.2, 0.25) is 0 Å². The van der Waals surface area contributed by atoms with Crippen molar-refractivity contribution in [3.63, 3.8) is 0 Å². The van der Waals surface area contributed by atoms with Crippen LogP contribution in [0.5, 0.6) is 11.5 Å². The van der Waals surface area contributed by atoms with Gasteiger partial charge in [0.05, 0.1) is 19.9 Å². The zero-order chi connectivity index (χ0) is 18.4. The average molecular weight is 361 g/mol. The second kappa shape index (κ2) is 8.71. The predicted octanol–water partition coefficient (Wildman–Crippen LogP) is 3.40. The third kappa shape index (κ3) is 4.85. The van der Waals surface area contributed by atoms with Crippen molar-refractivity contribution in [1.29, 1.82) is 0 Å². The van der Waals surface area contributed by atoms with Crippen LogP contribution in [0.1, 0.15) is 23.4 Å². The summed E-state index contributed by atoms with van der Waals surface area (Å²) in [6.45, 7) is 3.90. The molecule has 0 atom stereocenters. The minimum atomic E-state index is -0.0979. The molecular weight excluding hydrogens is 338 g/mol. The van der Waals surface area contributed by atoms with Crippen molar-refractivity contribution in [1.82, 2.24) is 9.97 Å². The number of nitrogens with one attached hydrogen (secondary N) is 1. The normalized spacial score (nSPS) is 10.4. The van der Waals surface area contributed by atoms with Crippen molar-refractivity contribution in [2.45, 2.75) is 31.8 Å². The molecule has 0 fully saturated rings. The van der Waals surface area contributed by atoms with Crippen molar-refractivity contribution in [2.24, 2.45) is 0 Å². The molecule has 134 valence electrons. The molecule has 0 radical (unpaired) electrons. The summed E-state index contributed by atoms with van der Waals surface area (Å²) in [7, 11) is 3.14. The number of benzene rings is 1. The van der Waals surface area contributed by atoms with E-state index in [0.29, 0.717) is 30.0 Å². The van der Waals surface area contributed by atoms with Gasteiger partial charge in [-0.05, 0) is 44.2 Å². The molecule has 0 saturated carbocycles. The molecule has 0 aliphatic rings. The van der Waals surface area contributed by atoms with Crippen molar-refractivity contribution in [3.05, 3.63) is 35.2 Å². The van der Waals surface area contributed by atoms with Gasteiger partial charge in [0.1, 0.15) is 11.5 Å². The monoisotopic (exact) mass is 361 g/mol. The Morgan fingerprint density at radius 2 is 1.84 bits per heavy atom. The first-order valence-electron chi connectivity index (χ1n) is 7.88. The number of aromatic nitrogens is 2. The molecule has 0 aliphatic heterocycles. The van der Waals surface area contributed by atoms with E-state index in [-0.39, 0.29) is 5.91 Å². The van der Waals surface area contributed by atoms with E-state index < -0.39 is 0 Å². The topological polar surface area (TPSA) is 73.3 Å². The number of carbonyl (C=O) groups is 1. The van der Waals surface area contributed by atoms with E-state index in [1.807, 2.05) is 20.1 Å². The lowest BCUT2D eigenvalue weighted by molar-refractivity contribution is -0.116. The number of thioether (sulfide) groups is 1. The summed E-state index contributed by atoms with van der Waals surface area (Å²) in [6, 6.07) is 5.28. The van der Waals surface area contributed by atoms with Crippen LogP contribution in [-0.4, -0.2) is 36.4 Å². The number of aryl methyl sites for hydroxylation is 2. The van der Waals surface area contributed by atoms with E-state index >= 15 is 0 Å². The fraction of sp³-hybridized carbons (Fsp3) is 0.389. The molecule has 1 amide bonds. The highest BCUT2D eigenvalue weighted by molar-refractivity contribution is 7.98.